The van der Waals surface area contributed by atoms with Gasteiger partial charge in [0.1, 0.15) is 29.9 Å². The second kappa shape index (κ2) is 10.7. The third-order valence-corrected chi connectivity index (χ3v) is 6.85. The van der Waals surface area contributed by atoms with E-state index < -0.39 is 17.2 Å². The number of hydrogen-bond donors (Lipinski definition) is 1. The molecule has 34 heavy (non-hydrogen) atoms. The summed E-state index contributed by atoms with van der Waals surface area (Å²) >= 11 is 12.4. The van der Waals surface area contributed by atoms with Crippen molar-refractivity contribution in [2.45, 2.75) is 30.9 Å². The minimum atomic E-state index is -1.63. The predicted molar refractivity (Wildman–Crippen MR) is 128 cm³/mol. The number of halogens is 4. The van der Waals surface area contributed by atoms with Gasteiger partial charge in [-0.25, -0.2) is 18.4 Å². The number of piperidine rings is 1. The van der Waals surface area contributed by atoms with Crippen molar-refractivity contribution in [2.75, 3.05) is 33.4 Å². The highest BCUT2D eigenvalue weighted by Gasteiger charge is 2.35. The number of hydrogen-bond acceptors (Lipinski definition) is 5. The van der Waals surface area contributed by atoms with Crippen LogP contribution >= 0.6 is 23.2 Å². The molecule has 1 aliphatic rings. The summed E-state index contributed by atoms with van der Waals surface area (Å²) in [6.07, 6.45) is 4.71. The molecule has 1 unspecified atom stereocenters. The van der Waals surface area contributed by atoms with Gasteiger partial charge in [-0.15, -0.1) is 0 Å². The van der Waals surface area contributed by atoms with Crippen molar-refractivity contribution in [1.82, 2.24) is 24.6 Å². The van der Waals surface area contributed by atoms with E-state index in [0.717, 1.165) is 43.6 Å². The van der Waals surface area contributed by atoms with Crippen LogP contribution in [0.4, 0.5) is 8.78 Å². The lowest BCUT2D eigenvalue weighted by atomic mass is 9.89. The minimum absolute atomic E-state index is 0.0168. The molecule has 1 fully saturated rings. The predicted octanol–water partition coefficient (Wildman–Crippen LogP) is 4.52. The summed E-state index contributed by atoms with van der Waals surface area (Å²) in [7, 11) is 1.87. The van der Waals surface area contributed by atoms with E-state index in [2.05, 4.69) is 15.0 Å². The first-order valence-electron chi connectivity index (χ1n) is 11.1. The molecule has 0 aliphatic carbocycles. The second-order valence-electron chi connectivity index (χ2n) is 8.96. The highest BCUT2D eigenvalue weighted by Crippen LogP contribution is 2.34. The van der Waals surface area contributed by atoms with Crippen LogP contribution in [0.25, 0.3) is 0 Å². The molecule has 2 heterocycles. The van der Waals surface area contributed by atoms with E-state index >= 15 is 0 Å². The average molecular weight is 510 g/mol. The molecular weight excluding hydrogens is 483 g/mol. The van der Waals surface area contributed by atoms with E-state index in [-0.39, 0.29) is 18.7 Å². The van der Waals surface area contributed by atoms with Gasteiger partial charge < -0.3 is 5.11 Å². The van der Waals surface area contributed by atoms with Crippen LogP contribution in [0.3, 0.4) is 0 Å². The van der Waals surface area contributed by atoms with Crippen LogP contribution in [0, 0.1) is 11.6 Å². The van der Waals surface area contributed by atoms with Gasteiger partial charge >= 0.3 is 0 Å². The summed E-state index contributed by atoms with van der Waals surface area (Å²) < 4.78 is 29.6. The Kier molecular flexibility index (Phi) is 7.84. The fourth-order valence-electron chi connectivity index (χ4n) is 4.73. The van der Waals surface area contributed by atoms with Crippen LogP contribution < -0.4 is 0 Å². The molecule has 0 radical (unpaired) electrons. The molecular formula is C24H27Cl2F2N5O. The fourth-order valence-corrected chi connectivity index (χ4v) is 5.29. The molecule has 0 spiro atoms. The molecule has 10 heteroatoms. The number of aromatic nitrogens is 3. The number of nitrogens with zero attached hydrogens (tertiary/aromatic N) is 5. The topological polar surface area (TPSA) is 57.4 Å². The smallest absolute Gasteiger partial charge is 0.137 e. The van der Waals surface area contributed by atoms with Crippen LogP contribution in [0.1, 0.15) is 29.9 Å². The van der Waals surface area contributed by atoms with Gasteiger partial charge in [-0.3, -0.25) is 9.80 Å². The van der Waals surface area contributed by atoms with Gasteiger partial charge in [0.2, 0.25) is 0 Å². The van der Waals surface area contributed by atoms with E-state index in [1.807, 2.05) is 24.1 Å². The van der Waals surface area contributed by atoms with Crippen molar-refractivity contribution >= 4 is 23.2 Å². The lowest BCUT2D eigenvalue weighted by molar-refractivity contribution is -0.0285. The van der Waals surface area contributed by atoms with Crippen LogP contribution in [0.2, 0.25) is 10.0 Å². The molecule has 0 amide bonds. The van der Waals surface area contributed by atoms with Gasteiger partial charge in [0.25, 0.3) is 0 Å². The van der Waals surface area contributed by atoms with Crippen LogP contribution in [0.5, 0.6) is 0 Å². The van der Waals surface area contributed by atoms with Crippen molar-refractivity contribution < 1.29 is 13.9 Å². The van der Waals surface area contributed by atoms with Crippen molar-refractivity contribution in [3.05, 3.63) is 81.9 Å². The second-order valence-corrected chi connectivity index (χ2v) is 9.81. The number of likely N-dealkylation sites (N-methyl/N-ethyl adjacent to an activating group) is 1. The zero-order chi connectivity index (χ0) is 24.3. The Balaban J connectivity index is 1.41. The van der Waals surface area contributed by atoms with Gasteiger partial charge in [-0.2, -0.15) is 5.10 Å². The first kappa shape index (κ1) is 25.0. The van der Waals surface area contributed by atoms with Gasteiger partial charge in [0.15, 0.2) is 0 Å². The minimum Gasteiger partial charge on any atom is -0.382 e. The van der Waals surface area contributed by atoms with Crippen molar-refractivity contribution in [3.8, 4) is 0 Å². The molecule has 1 aliphatic heterocycles. The van der Waals surface area contributed by atoms with E-state index in [1.165, 1.54) is 23.4 Å². The van der Waals surface area contributed by atoms with Crippen LogP contribution in [0.15, 0.2) is 49.1 Å². The molecule has 1 saturated heterocycles. The maximum absolute atomic E-state index is 14.7. The third kappa shape index (κ3) is 5.93. The normalized spacial score (nSPS) is 17.3. The van der Waals surface area contributed by atoms with E-state index in [9.17, 15) is 13.9 Å². The largest absolute Gasteiger partial charge is 0.382 e. The summed E-state index contributed by atoms with van der Waals surface area (Å²) in [4.78, 5) is 8.13. The summed E-state index contributed by atoms with van der Waals surface area (Å²) in [5.74, 6) is -1.12. The SMILES string of the molecule is CN(CN1CCC(c2ccc(Cl)cc2Cl)CC1)CC(O)(Cn1cncn1)c1ccc(F)cc1F. The molecule has 0 bridgehead atoms. The maximum Gasteiger partial charge on any atom is 0.137 e. The van der Waals surface area contributed by atoms with Crippen molar-refractivity contribution in [3.63, 3.8) is 0 Å². The lowest BCUT2D eigenvalue weighted by Crippen LogP contribution is -2.48. The van der Waals surface area contributed by atoms with Crippen molar-refractivity contribution in [1.29, 1.82) is 0 Å². The number of aliphatic hydroxyl groups is 1. The Morgan fingerprint density at radius 3 is 2.56 bits per heavy atom. The monoisotopic (exact) mass is 509 g/mol. The summed E-state index contributed by atoms with van der Waals surface area (Å²) in [5, 5.41) is 16.9. The van der Waals surface area contributed by atoms with Gasteiger partial charge in [-0.1, -0.05) is 35.3 Å². The first-order valence-corrected chi connectivity index (χ1v) is 11.9. The van der Waals surface area contributed by atoms with Crippen molar-refractivity contribution in [2.24, 2.45) is 0 Å². The lowest BCUT2D eigenvalue weighted by Gasteiger charge is -2.38. The molecule has 1 atom stereocenters. The molecule has 3 aromatic rings. The summed E-state index contributed by atoms with van der Waals surface area (Å²) in [6.45, 7) is 2.42. The highest BCUT2D eigenvalue weighted by atomic mass is 35.5. The molecule has 4 rings (SSSR count). The Hall–Kier alpha value is -2.10. The number of benzene rings is 2. The molecule has 1 N–H and O–H groups in total. The Labute approximate surface area is 207 Å². The molecule has 1 aromatic heterocycles. The number of likely N-dealkylation sites (tertiary alicyclic amines) is 1. The Bertz CT molecular complexity index is 1110. The average Bonchev–Trinajstić information content (AvgIpc) is 3.27. The summed E-state index contributed by atoms with van der Waals surface area (Å²) in [5.41, 5.74) is -0.490. The van der Waals surface area contributed by atoms with Gasteiger partial charge in [-0.05, 0) is 62.7 Å². The van der Waals surface area contributed by atoms with Crippen LogP contribution in [-0.4, -0.2) is 63.0 Å². The van der Waals surface area contributed by atoms with Gasteiger partial charge in [0.05, 0.1) is 13.2 Å². The maximum atomic E-state index is 14.7. The molecule has 182 valence electrons. The molecule has 6 nitrogen and oxygen atoms in total. The standard InChI is InChI=1S/C24H27Cl2F2N5O/c1-31(16-32-8-6-17(7-9-32)20-4-2-18(25)10-22(20)26)12-24(34,13-33-15-29-14-30-33)21-5-3-19(27)11-23(21)28/h2-5,10-11,14-15,17,34H,6-9,12-13,16H2,1H3. The number of rotatable bonds is 8. The van der Waals surface area contributed by atoms with Gasteiger partial charge in [0, 0.05) is 28.2 Å². The Morgan fingerprint density at radius 2 is 1.91 bits per heavy atom. The first-order chi connectivity index (χ1) is 16.2. The summed E-state index contributed by atoms with van der Waals surface area (Å²) in [6, 6.07) is 8.87. The zero-order valence-corrected chi connectivity index (χ0v) is 20.4. The highest BCUT2D eigenvalue weighted by molar-refractivity contribution is 6.35. The third-order valence-electron chi connectivity index (χ3n) is 6.29. The van der Waals surface area contributed by atoms with E-state index in [0.29, 0.717) is 22.6 Å². The quantitative estimate of drug-likeness (QED) is 0.483. The van der Waals surface area contributed by atoms with Crippen LogP contribution in [-0.2, 0) is 12.1 Å². The zero-order valence-electron chi connectivity index (χ0n) is 18.8. The molecule has 2 aromatic carbocycles. The molecule has 0 saturated carbocycles. The fraction of sp³-hybridized carbons (Fsp3) is 0.417. The van der Waals surface area contributed by atoms with E-state index in [4.69, 9.17) is 23.2 Å². The Morgan fingerprint density at radius 1 is 1.15 bits per heavy atom. The van der Waals surface area contributed by atoms with E-state index in [1.54, 1.807) is 6.07 Å².